The standard InChI is InChI=1S/C20H28N4O3S2/c1-16(2)27-18-10-8-17(9-11-18)24-20(23-13-15-29(21,25)26)22-12-14-28-19-6-4-3-5-7-19/h3-11,16H,12-15H2,1-2H3,(H2,21,25,26)(H2,22,23,24). The van der Waals surface area contributed by atoms with Gasteiger partial charge in [-0.3, -0.25) is 4.99 Å². The molecule has 2 rings (SSSR count). The number of rotatable bonds is 10. The molecule has 7 nitrogen and oxygen atoms in total. The average molecular weight is 437 g/mol. The fourth-order valence-corrected chi connectivity index (χ4v) is 3.44. The Labute approximate surface area is 177 Å². The van der Waals surface area contributed by atoms with E-state index in [-0.39, 0.29) is 18.4 Å². The molecular formula is C20H28N4O3S2. The average Bonchev–Trinajstić information content (AvgIpc) is 2.66. The van der Waals surface area contributed by atoms with E-state index in [2.05, 4.69) is 27.8 Å². The molecule has 2 aromatic rings. The van der Waals surface area contributed by atoms with E-state index >= 15 is 0 Å². The van der Waals surface area contributed by atoms with Gasteiger partial charge in [-0.25, -0.2) is 13.6 Å². The Bertz CT molecular complexity index is 870. The maximum absolute atomic E-state index is 11.2. The van der Waals surface area contributed by atoms with Gasteiger partial charge in [0.25, 0.3) is 0 Å². The molecule has 0 aliphatic carbocycles. The number of guanidine groups is 1. The lowest BCUT2D eigenvalue weighted by atomic mass is 10.3. The van der Waals surface area contributed by atoms with Gasteiger partial charge in [0.1, 0.15) is 5.75 Å². The third kappa shape index (κ3) is 10.2. The minimum atomic E-state index is -3.55. The summed E-state index contributed by atoms with van der Waals surface area (Å²) in [5, 5.41) is 11.5. The summed E-state index contributed by atoms with van der Waals surface area (Å²) in [6.07, 6.45) is 0.105. The summed E-state index contributed by atoms with van der Waals surface area (Å²) >= 11 is 1.73. The number of thioether (sulfide) groups is 1. The van der Waals surface area contributed by atoms with E-state index < -0.39 is 10.0 Å². The predicted molar refractivity (Wildman–Crippen MR) is 121 cm³/mol. The summed E-state index contributed by atoms with van der Waals surface area (Å²) in [5.74, 6) is 1.91. The summed E-state index contributed by atoms with van der Waals surface area (Å²) in [7, 11) is -3.55. The smallest absolute Gasteiger partial charge is 0.210 e. The molecule has 0 fully saturated rings. The van der Waals surface area contributed by atoms with Crippen molar-refractivity contribution in [2.75, 3.05) is 29.9 Å². The Morgan fingerprint density at radius 3 is 2.45 bits per heavy atom. The van der Waals surface area contributed by atoms with Crippen LogP contribution in [0.2, 0.25) is 0 Å². The molecule has 9 heteroatoms. The van der Waals surface area contributed by atoms with Crippen molar-refractivity contribution in [3.63, 3.8) is 0 Å². The number of anilines is 1. The van der Waals surface area contributed by atoms with E-state index in [1.165, 1.54) is 4.90 Å². The number of sulfonamides is 1. The van der Waals surface area contributed by atoms with Crippen molar-refractivity contribution in [1.82, 2.24) is 5.32 Å². The number of nitrogens with zero attached hydrogens (tertiary/aromatic N) is 1. The molecule has 0 aliphatic heterocycles. The van der Waals surface area contributed by atoms with Gasteiger partial charge >= 0.3 is 0 Å². The molecule has 0 spiro atoms. The van der Waals surface area contributed by atoms with Gasteiger partial charge in [0.2, 0.25) is 10.0 Å². The lowest BCUT2D eigenvalue weighted by molar-refractivity contribution is 0.242. The normalized spacial score (nSPS) is 12.1. The van der Waals surface area contributed by atoms with Crippen molar-refractivity contribution < 1.29 is 13.2 Å². The maximum atomic E-state index is 11.2. The molecule has 0 heterocycles. The number of primary sulfonamides is 1. The summed E-state index contributed by atoms with van der Waals surface area (Å²) < 4.78 is 28.0. The van der Waals surface area contributed by atoms with Crippen molar-refractivity contribution in [1.29, 1.82) is 0 Å². The van der Waals surface area contributed by atoms with Crippen LogP contribution in [0.1, 0.15) is 13.8 Å². The molecule has 0 bridgehead atoms. The molecule has 0 saturated heterocycles. The first-order chi connectivity index (χ1) is 13.8. The lowest BCUT2D eigenvalue weighted by Crippen LogP contribution is -2.33. The van der Waals surface area contributed by atoms with Crippen LogP contribution in [0.3, 0.4) is 0 Å². The van der Waals surface area contributed by atoms with Crippen LogP contribution in [0, 0.1) is 0 Å². The van der Waals surface area contributed by atoms with Gasteiger partial charge in [-0.05, 0) is 50.2 Å². The minimum Gasteiger partial charge on any atom is -0.491 e. The second kappa shape index (κ2) is 11.7. The van der Waals surface area contributed by atoms with Gasteiger partial charge in [0.15, 0.2) is 5.96 Å². The van der Waals surface area contributed by atoms with Crippen LogP contribution in [0.15, 0.2) is 64.5 Å². The van der Waals surface area contributed by atoms with E-state index in [9.17, 15) is 8.42 Å². The first kappa shape index (κ1) is 23.1. The number of hydrogen-bond donors (Lipinski definition) is 3. The molecule has 0 saturated carbocycles. The molecule has 0 aliphatic rings. The Morgan fingerprint density at radius 2 is 1.83 bits per heavy atom. The largest absolute Gasteiger partial charge is 0.491 e. The summed E-state index contributed by atoms with van der Waals surface area (Å²) in [5.41, 5.74) is 0.818. The van der Waals surface area contributed by atoms with Crippen molar-refractivity contribution in [2.24, 2.45) is 10.1 Å². The summed E-state index contributed by atoms with van der Waals surface area (Å²) in [4.78, 5) is 5.50. The van der Waals surface area contributed by atoms with Crippen LogP contribution < -0.4 is 20.5 Å². The first-order valence-electron chi connectivity index (χ1n) is 9.32. The maximum Gasteiger partial charge on any atom is 0.210 e. The van der Waals surface area contributed by atoms with E-state index in [1.54, 1.807) is 11.8 Å². The number of nitrogens with one attached hydrogen (secondary N) is 2. The van der Waals surface area contributed by atoms with Gasteiger partial charge in [0, 0.05) is 22.9 Å². The Hall–Kier alpha value is -2.23. The quantitative estimate of drug-likeness (QED) is 0.229. The van der Waals surface area contributed by atoms with Crippen LogP contribution in [0.5, 0.6) is 5.75 Å². The summed E-state index contributed by atoms with van der Waals surface area (Å²) in [6.45, 7) is 4.68. The van der Waals surface area contributed by atoms with Gasteiger partial charge in [0.05, 0.1) is 18.4 Å². The molecule has 0 atom stereocenters. The Morgan fingerprint density at radius 1 is 1.14 bits per heavy atom. The predicted octanol–water partition coefficient (Wildman–Crippen LogP) is 2.91. The number of nitrogens with two attached hydrogens (primary N) is 1. The molecule has 0 radical (unpaired) electrons. The van der Waals surface area contributed by atoms with Crippen LogP contribution in [-0.4, -0.2) is 45.1 Å². The summed E-state index contributed by atoms with van der Waals surface area (Å²) in [6, 6.07) is 17.6. The SMILES string of the molecule is CC(C)Oc1ccc(NC(=NCCS(N)(=O)=O)NCCSc2ccccc2)cc1. The molecule has 0 amide bonds. The molecule has 2 aromatic carbocycles. The number of aliphatic imine (C=N–C) groups is 1. The number of hydrogen-bond acceptors (Lipinski definition) is 5. The lowest BCUT2D eigenvalue weighted by Gasteiger charge is -2.14. The first-order valence-corrected chi connectivity index (χ1v) is 12.0. The fraction of sp³-hybridized carbons (Fsp3) is 0.350. The molecule has 29 heavy (non-hydrogen) atoms. The zero-order chi connectivity index (χ0) is 21.1. The Kier molecular flexibility index (Phi) is 9.30. The molecule has 158 valence electrons. The van der Waals surface area contributed by atoms with Gasteiger partial charge < -0.3 is 15.4 Å². The van der Waals surface area contributed by atoms with E-state index in [0.29, 0.717) is 12.5 Å². The zero-order valence-corrected chi connectivity index (χ0v) is 18.3. The molecule has 0 unspecified atom stereocenters. The highest BCUT2D eigenvalue weighted by atomic mass is 32.2. The molecule has 4 N–H and O–H groups in total. The van der Waals surface area contributed by atoms with E-state index in [1.807, 2.05) is 56.3 Å². The highest BCUT2D eigenvalue weighted by molar-refractivity contribution is 7.99. The highest BCUT2D eigenvalue weighted by Gasteiger charge is 2.05. The van der Waals surface area contributed by atoms with Crippen molar-refractivity contribution in [2.45, 2.75) is 24.8 Å². The highest BCUT2D eigenvalue weighted by Crippen LogP contribution is 2.17. The molecular weight excluding hydrogens is 408 g/mol. The topological polar surface area (TPSA) is 106 Å². The second-order valence-corrected chi connectivity index (χ2v) is 9.40. The zero-order valence-electron chi connectivity index (χ0n) is 16.7. The van der Waals surface area contributed by atoms with Crippen LogP contribution >= 0.6 is 11.8 Å². The minimum absolute atomic E-state index is 0.0779. The van der Waals surface area contributed by atoms with Crippen LogP contribution in [0.4, 0.5) is 5.69 Å². The van der Waals surface area contributed by atoms with Gasteiger partial charge in [-0.2, -0.15) is 0 Å². The van der Waals surface area contributed by atoms with Crippen LogP contribution in [-0.2, 0) is 10.0 Å². The van der Waals surface area contributed by atoms with E-state index in [4.69, 9.17) is 9.88 Å². The molecule has 0 aromatic heterocycles. The van der Waals surface area contributed by atoms with Gasteiger partial charge in [-0.1, -0.05) is 18.2 Å². The number of ether oxygens (including phenoxy) is 1. The Balaban J connectivity index is 1.93. The van der Waals surface area contributed by atoms with Crippen molar-refractivity contribution >= 4 is 33.4 Å². The second-order valence-electron chi connectivity index (χ2n) is 6.50. The van der Waals surface area contributed by atoms with E-state index in [0.717, 1.165) is 17.2 Å². The van der Waals surface area contributed by atoms with Gasteiger partial charge in [-0.15, -0.1) is 11.8 Å². The van der Waals surface area contributed by atoms with Crippen molar-refractivity contribution in [3.8, 4) is 5.75 Å². The van der Waals surface area contributed by atoms with Crippen LogP contribution in [0.25, 0.3) is 0 Å². The van der Waals surface area contributed by atoms with Crippen molar-refractivity contribution in [3.05, 3.63) is 54.6 Å². The number of benzene rings is 2. The fourth-order valence-electron chi connectivity index (χ4n) is 2.31. The third-order valence-corrected chi connectivity index (χ3v) is 5.31. The monoisotopic (exact) mass is 436 g/mol. The third-order valence-electron chi connectivity index (χ3n) is 3.54.